The van der Waals surface area contributed by atoms with Gasteiger partial charge in [0, 0.05) is 24.5 Å². The van der Waals surface area contributed by atoms with Crippen molar-refractivity contribution in [2.24, 2.45) is 0 Å². The number of nitrogens with zero attached hydrogens (tertiary/aromatic N) is 4. The van der Waals surface area contributed by atoms with Crippen molar-refractivity contribution in [3.8, 4) is 0 Å². The van der Waals surface area contributed by atoms with Gasteiger partial charge in [-0.3, -0.25) is 4.79 Å². The number of carbonyl (C=O) groups excluding carboxylic acids is 1. The van der Waals surface area contributed by atoms with Gasteiger partial charge in [-0.25, -0.2) is 0 Å². The van der Waals surface area contributed by atoms with E-state index in [1.54, 1.807) is 0 Å². The topological polar surface area (TPSA) is 75.4 Å². The molecule has 2 aromatic rings. The summed E-state index contributed by atoms with van der Waals surface area (Å²) < 4.78 is 0. The SMILES string of the molecule is Cc1nnc2sc(C(=O)N3CCC(N(C)C)C3)c(N)c2c1C. The zero-order valence-corrected chi connectivity index (χ0v) is 14.2. The molecule has 1 unspecified atom stereocenters. The number of amides is 1. The average Bonchev–Trinajstić information content (AvgIpc) is 3.08. The second-order valence-corrected chi connectivity index (χ2v) is 7.09. The number of hydrogen-bond acceptors (Lipinski definition) is 6. The van der Waals surface area contributed by atoms with Gasteiger partial charge in [0.25, 0.3) is 5.91 Å². The molecular formula is C15H21N5OS. The van der Waals surface area contributed by atoms with Gasteiger partial charge in [-0.15, -0.1) is 16.4 Å². The highest BCUT2D eigenvalue weighted by molar-refractivity contribution is 7.21. The zero-order chi connectivity index (χ0) is 16.0. The number of nitrogen functional groups attached to an aromatic ring is 1. The summed E-state index contributed by atoms with van der Waals surface area (Å²) in [5.74, 6) is 0.0157. The molecule has 3 rings (SSSR count). The molecule has 0 spiro atoms. The number of carbonyl (C=O) groups is 1. The smallest absolute Gasteiger partial charge is 0.266 e. The molecule has 0 aromatic carbocycles. The highest BCUT2D eigenvalue weighted by atomic mass is 32.1. The lowest BCUT2D eigenvalue weighted by Crippen LogP contribution is -2.34. The molecule has 0 saturated carbocycles. The summed E-state index contributed by atoms with van der Waals surface area (Å²) in [7, 11) is 4.10. The number of likely N-dealkylation sites (tertiary alicyclic amines) is 1. The van der Waals surface area contributed by atoms with Gasteiger partial charge in [-0.2, -0.15) is 5.10 Å². The minimum absolute atomic E-state index is 0.0157. The molecule has 118 valence electrons. The van der Waals surface area contributed by atoms with Gasteiger partial charge < -0.3 is 15.5 Å². The number of fused-ring (bicyclic) bond motifs is 1. The Labute approximate surface area is 133 Å². The normalized spacial score (nSPS) is 18.6. The Hall–Kier alpha value is -1.73. The Bertz CT molecular complexity index is 739. The summed E-state index contributed by atoms with van der Waals surface area (Å²) in [5.41, 5.74) is 8.66. The van der Waals surface area contributed by atoms with Crippen molar-refractivity contribution in [2.45, 2.75) is 26.3 Å². The van der Waals surface area contributed by atoms with Crippen LogP contribution in [-0.2, 0) is 0 Å². The number of aromatic nitrogens is 2. The number of rotatable bonds is 2. The summed E-state index contributed by atoms with van der Waals surface area (Å²) in [4.78, 5) is 18.2. The number of hydrogen-bond donors (Lipinski definition) is 1. The lowest BCUT2D eigenvalue weighted by atomic mass is 10.1. The van der Waals surface area contributed by atoms with Crippen LogP contribution in [0.4, 0.5) is 5.69 Å². The number of aryl methyl sites for hydroxylation is 2. The van der Waals surface area contributed by atoms with Gasteiger partial charge in [0.2, 0.25) is 0 Å². The van der Waals surface area contributed by atoms with Gasteiger partial charge in [0.05, 0.1) is 11.4 Å². The van der Waals surface area contributed by atoms with Crippen LogP contribution in [0, 0.1) is 13.8 Å². The van der Waals surface area contributed by atoms with E-state index in [-0.39, 0.29) is 5.91 Å². The maximum atomic E-state index is 12.8. The van der Waals surface area contributed by atoms with E-state index in [0.717, 1.165) is 41.0 Å². The van der Waals surface area contributed by atoms with Crippen LogP contribution in [0.1, 0.15) is 27.3 Å². The summed E-state index contributed by atoms with van der Waals surface area (Å²) in [5, 5.41) is 9.19. The molecule has 0 radical (unpaired) electrons. The average molecular weight is 319 g/mol. The predicted octanol–water partition coefficient (Wildman–Crippen LogP) is 1.67. The molecule has 7 heteroatoms. The van der Waals surface area contributed by atoms with Gasteiger partial charge in [-0.1, -0.05) is 0 Å². The molecule has 22 heavy (non-hydrogen) atoms. The first-order valence-corrected chi connectivity index (χ1v) is 8.19. The van der Waals surface area contributed by atoms with E-state index < -0.39 is 0 Å². The van der Waals surface area contributed by atoms with Crippen LogP contribution >= 0.6 is 11.3 Å². The van der Waals surface area contributed by atoms with Crippen LogP contribution in [0.25, 0.3) is 10.2 Å². The van der Waals surface area contributed by atoms with Crippen LogP contribution in [-0.4, -0.2) is 59.1 Å². The Morgan fingerprint density at radius 2 is 2.09 bits per heavy atom. The van der Waals surface area contributed by atoms with Crippen LogP contribution in [0.2, 0.25) is 0 Å². The van der Waals surface area contributed by atoms with Crippen molar-refractivity contribution < 1.29 is 4.79 Å². The fourth-order valence-corrected chi connectivity index (χ4v) is 3.96. The molecule has 0 aliphatic carbocycles. The summed E-state index contributed by atoms with van der Waals surface area (Å²) in [6.07, 6.45) is 1.00. The standard InChI is InChI=1S/C15H21N5OS/c1-8-9(2)17-18-14-11(8)12(16)13(22-14)15(21)20-6-5-10(7-20)19(3)4/h10H,5-7,16H2,1-4H3. The van der Waals surface area contributed by atoms with Crippen molar-refractivity contribution in [3.63, 3.8) is 0 Å². The van der Waals surface area contributed by atoms with Gasteiger partial charge in [-0.05, 0) is 39.9 Å². The predicted molar refractivity (Wildman–Crippen MR) is 89.3 cm³/mol. The molecule has 1 atom stereocenters. The largest absolute Gasteiger partial charge is 0.397 e. The quantitative estimate of drug-likeness (QED) is 0.911. The number of likely N-dealkylation sites (N-methyl/N-ethyl adjacent to an activating group) is 1. The number of thiophene rings is 1. The van der Waals surface area contributed by atoms with E-state index in [9.17, 15) is 4.79 Å². The van der Waals surface area contributed by atoms with Gasteiger partial charge in [0.15, 0.2) is 0 Å². The third kappa shape index (κ3) is 2.34. The Morgan fingerprint density at radius 1 is 1.36 bits per heavy atom. The first-order valence-electron chi connectivity index (χ1n) is 7.37. The molecule has 1 amide bonds. The number of anilines is 1. The van der Waals surface area contributed by atoms with E-state index in [4.69, 9.17) is 5.73 Å². The first-order chi connectivity index (χ1) is 10.4. The molecule has 3 heterocycles. The van der Waals surface area contributed by atoms with Gasteiger partial charge in [0.1, 0.15) is 9.71 Å². The van der Waals surface area contributed by atoms with Crippen molar-refractivity contribution in [3.05, 3.63) is 16.1 Å². The fourth-order valence-electron chi connectivity index (χ4n) is 2.89. The third-order valence-electron chi connectivity index (χ3n) is 4.51. The highest BCUT2D eigenvalue weighted by Crippen LogP contribution is 2.36. The Morgan fingerprint density at radius 3 is 2.73 bits per heavy atom. The molecule has 1 saturated heterocycles. The second-order valence-electron chi connectivity index (χ2n) is 6.09. The van der Waals surface area contributed by atoms with Gasteiger partial charge >= 0.3 is 0 Å². The maximum Gasteiger partial charge on any atom is 0.266 e. The summed E-state index contributed by atoms with van der Waals surface area (Å²) in [6, 6.07) is 0.420. The van der Waals surface area contributed by atoms with E-state index in [2.05, 4.69) is 15.1 Å². The van der Waals surface area contributed by atoms with Crippen LogP contribution in [0.15, 0.2) is 0 Å². The van der Waals surface area contributed by atoms with Crippen molar-refractivity contribution in [1.82, 2.24) is 20.0 Å². The van der Waals surface area contributed by atoms with E-state index in [0.29, 0.717) is 16.6 Å². The molecule has 2 aromatic heterocycles. The first kappa shape index (κ1) is 15.2. The highest BCUT2D eigenvalue weighted by Gasteiger charge is 2.30. The summed E-state index contributed by atoms with van der Waals surface area (Å²) in [6.45, 7) is 5.41. The molecule has 2 N–H and O–H groups in total. The van der Waals surface area contributed by atoms with Crippen molar-refractivity contribution in [2.75, 3.05) is 32.9 Å². The van der Waals surface area contributed by atoms with Crippen molar-refractivity contribution >= 4 is 33.1 Å². The second kappa shape index (κ2) is 5.48. The molecule has 1 aliphatic rings. The Balaban J connectivity index is 1.96. The summed E-state index contributed by atoms with van der Waals surface area (Å²) >= 11 is 1.35. The molecule has 1 fully saturated rings. The van der Waals surface area contributed by atoms with Crippen LogP contribution in [0.3, 0.4) is 0 Å². The minimum Gasteiger partial charge on any atom is -0.397 e. The van der Waals surface area contributed by atoms with Crippen LogP contribution < -0.4 is 5.73 Å². The molecular weight excluding hydrogens is 298 g/mol. The molecule has 0 bridgehead atoms. The lowest BCUT2D eigenvalue weighted by molar-refractivity contribution is 0.0789. The maximum absolute atomic E-state index is 12.8. The van der Waals surface area contributed by atoms with Crippen molar-refractivity contribution in [1.29, 1.82) is 0 Å². The molecule has 1 aliphatic heterocycles. The monoisotopic (exact) mass is 319 g/mol. The third-order valence-corrected chi connectivity index (χ3v) is 5.59. The van der Waals surface area contributed by atoms with E-state index in [1.807, 2.05) is 32.8 Å². The Kier molecular flexibility index (Phi) is 3.78. The molecule has 6 nitrogen and oxygen atoms in total. The van der Waals surface area contributed by atoms with E-state index in [1.165, 1.54) is 11.3 Å². The fraction of sp³-hybridized carbons (Fsp3) is 0.533. The van der Waals surface area contributed by atoms with E-state index >= 15 is 0 Å². The lowest BCUT2D eigenvalue weighted by Gasteiger charge is -2.20. The zero-order valence-electron chi connectivity index (χ0n) is 13.4. The van der Waals surface area contributed by atoms with Crippen LogP contribution in [0.5, 0.6) is 0 Å². The minimum atomic E-state index is 0.0157. The number of nitrogens with two attached hydrogens (primary N) is 1.